The topological polar surface area (TPSA) is 77.2 Å². The summed E-state index contributed by atoms with van der Waals surface area (Å²) in [6.07, 6.45) is 3.13. The number of nitrogens with two attached hydrogens (primary N) is 1. The van der Waals surface area contributed by atoms with Crippen molar-refractivity contribution >= 4 is 27.1 Å². The number of rotatable bonds is 6. The smallest absolute Gasteiger partial charge is 0.247 e. The van der Waals surface area contributed by atoms with Gasteiger partial charge in [-0.2, -0.15) is 0 Å². The van der Waals surface area contributed by atoms with Gasteiger partial charge in [0.25, 0.3) is 0 Å². The van der Waals surface area contributed by atoms with Crippen LogP contribution >= 0.6 is 11.3 Å². The van der Waals surface area contributed by atoms with Crippen LogP contribution < -0.4 is 5.14 Å². The molecule has 0 aliphatic heterocycles. The summed E-state index contributed by atoms with van der Waals surface area (Å²) in [6.45, 7) is 1.57. The van der Waals surface area contributed by atoms with Crippen molar-refractivity contribution in [2.45, 2.75) is 36.8 Å². The summed E-state index contributed by atoms with van der Waals surface area (Å²) in [5, 5.41) is 5.00. The molecule has 6 heteroatoms. The number of ketones is 1. The van der Waals surface area contributed by atoms with Gasteiger partial charge in [0, 0.05) is 11.3 Å². The zero-order valence-electron chi connectivity index (χ0n) is 9.10. The van der Waals surface area contributed by atoms with E-state index in [-0.39, 0.29) is 9.99 Å². The van der Waals surface area contributed by atoms with E-state index < -0.39 is 10.0 Å². The molecular formula is C10H15NO3S2. The third-order valence-electron chi connectivity index (χ3n) is 2.12. The van der Waals surface area contributed by atoms with Gasteiger partial charge >= 0.3 is 0 Å². The third kappa shape index (κ3) is 4.42. The van der Waals surface area contributed by atoms with Gasteiger partial charge < -0.3 is 4.79 Å². The Balaban J connectivity index is 2.44. The van der Waals surface area contributed by atoms with Crippen molar-refractivity contribution in [2.75, 3.05) is 0 Å². The van der Waals surface area contributed by atoms with Crippen molar-refractivity contribution in [1.29, 1.82) is 0 Å². The molecule has 1 heterocycles. The third-order valence-corrected chi connectivity index (χ3v) is 4.70. The number of carbonyl (C=O) groups excluding carboxylic acids is 1. The molecule has 0 spiro atoms. The lowest BCUT2D eigenvalue weighted by molar-refractivity contribution is -0.117. The Morgan fingerprint density at radius 1 is 1.38 bits per heavy atom. The molecule has 0 fully saturated rings. The first-order valence-electron chi connectivity index (χ1n) is 5.00. The molecule has 0 atom stereocenters. The number of unbranched alkanes of at least 4 members (excludes halogenated alkanes) is 1. The highest BCUT2D eigenvalue weighted by molar-refractivity contribution is 7.91. The largest absolute Gasteiger partial charge is 0.300 e. The van der Waals surface area contributed by atoms with Crippen LogP contribution in [0.5, 0.6) is 0 Å². The molecule has 0 saturated carbocycles. The van der Waals surface area contributed by atoms with Crippen molar-refractivity contribution in [1.82, 2.24) is 0 Å². The van der Waals surface area contributed by atoms with E-state index in [4.69, 9.17) is 5.14 Å². The highest BCUT2D eigenvalue weighted by Crippen LogP contribution is 2.21. The van der Waals surface area contributed by atoms with Gasteiger partial charge in [-0.3, -0.25) is 0 Å². The Hall–Kier alpha value is -0.720. The molecule has 4 nitrogen and oxygen atoms in total. The van der Waals surface area contributed by atoms with E-state index >= 15 is 0 Å². The van der Waals surface area contributed by atoms with E-state index in [0.717, 1.165) is 24.1 Å². The van der Waals surface area contributed by atoms with Gasteiger partial charge in [0.15, 0.2) is 0 Å². The number of thiophene rings is 1. The summed E-state index contributed by atoms with van der Waals surface area (Å²) < 4.78 is 22.2. The van der Waals surface area contributed by atoms with Gasteiger partial charge in [-0.25, -0.2) is 13.6 Å². The number of sulfonamides is 1. The average Bonchev–Trinajstić information content (AvgIpc) is 2.59. The summed E-state index contributed by atoms with van der Waals surface area (Å²) >= 11 is 1.20. The number of primary sulfonamides is 1. The molecule has 1 aromatic rings. The predicted molar refractivity (Wildman–Crippen MR) is 63.9 cm³/mol. The summed E-state index contributed by atoms with van der Waals surface area (Å²) in [4.78, 5) is 11.7. The monoisotopic (exact) mass is 261 g/mol. The molecule has 0 aliphatic carbocycles. The van der Waals surface area contributed by atoms with Crippen LogP contribution in [0.1, 0.15) is 31.1 Å². The van der Waals surface area contributed by atoms with Gasteiger partial charge in [0.2, 0.25) is 10.0 Å². The normalized spacial score (nSPS) is 11.6. The van der Waals surface area contributed by atoms with Crippen LogP contribution in [0.15, 0.2) is 16.3 Å². The summed E-state index contributed by atoms with van der Waals surface area (Å²) in [6, 6.07) is 3.30. The van der Waals surface area contributed by atoms with Crippen LogP contribution in [0.3, 0.4) is 0 Å². The van der Waals surface area contributed by atoms with Crippen LogP contribution in [0.4, 0.5) is 0 Å². The summed E-state index contributed by atoms with van der Waals surface area (Å²) in [5.41, 5.74) is 0. The molecule has 0 radical (unpaired) electrons. The van der Waals surface area contributed by atoms with Crippen LogP contribution in [0.2, 0.25) is 0 Å². The molecule has 0 saturated heterocycles. The first kappa shape index (κ1) is 13.3. The standard InChI is InChI=1S/C10H15NO3S2/c1-8(12)4-2-3-5-9-6-7-10(15-9)16(11,13)14/h6-7H,2-5H2,1H3,(H2,11,13,14). The van der Waals surface area contributed by atoms with E-state index in [1.54, 1.807) is 13.0 Å². The number of carbonyl (C=O) groups is 1. The van der Waals surface area contributed by atoms with Crippen molar-refractivity contribution in [3.63, 3.8) is 0 Å². The van der Waals surface area contributed by atoms with Crippen LogP contribution in [-0.4, -0.2) is 14.2 Å². The molecule has 2 N–H and O–H groups in total. The zero-order chi connectivity index (χ0) is 12.2. The Morgan fingerprint density at radius 2 is 2.06 bits per heavy atom. The Kier molecular flexibility index (Phi) is 4.64. The molecule has 16 heavy (non-hydrogen) atoms. The average molecular weight is 261 g/mol. The van der Waals surface area contributed by atoms with Crippen LogP contribution in [0, 0.1) is 0 Å². The molecule has 0 aromatic carbocycles. The van der Waals surface area contributed by atoms with E-state index in [0.29, 0.717) is 6.42 Å². The minimum absolute atomic E-state index is 0.191. The van der Waals surface area contributed by atoms with Crippen molar-refractivity contribution < 1.29 is 13.2 Å². The number of aryl methyl sites for hydroxylation is 1. The van der Waals surface area contributed by atoms with Gasteiger partial charge in [-0.05, 0) is 38.3 Å². The van der Waals surface area contributed by atoms with Gasteiger partial charge in [-0.15, -0.1) is 11.3 Å². The summed E-state index contributed by atoms with van der Waals surface area (Å²) in [7, 11) is -3.56. The fraction of sp³-hybridized carbons (Fsp3) is 0.500. The van der Waals surface area contributed by atoms with Gasteiger partial charge in [0.05, 0.1) is 0 Å². The van der Waals surface area contributed by atoms with Gasteiger partial charge in [0.1, 0.15) is 9.99 Å². The molecule has 1 rings (SSSR count). The maximum atomic E-state index is 11.0. The molecule has 1 aromatic heterocycles. The first-order valence-corrected chi connectivity index (χ1v) is 7.37. The minimum Gasteiger partial charge on any atom is -0.300 e. The van der Waals surface area contributed by atoms with Crippen molar-refractivity contribution in [3.8, 4) is 0 Å². The lowest BCUT2D eigenvalue weighted by atomic mass is 10.1. The second-order valence-electron chi connectivity index (χ2n) is 3.67. The quantitative estimate of drug-likeness (QED) is 0.792. The lowest BCUT2D eigenvalue weighted by Gasteiger charge is -1.96. The van der Waals surface area contributed by atoms with Crippen molar-refractivity contribution in [3.05, 3.63) is 17.0 Å². The SMILES string of the molecule is CC(=O)CCCCc1ccc(S(N)(=O)=O)s1. The summed E-state index contributed by atoms with van der Waals surface area (Å²) in [5.74, 6) is 0.191. The maximum absolute atomic E-state index is 11.0. The highest BCUT2D eigenvalue weighted by atomic mass is 32.2. The molecule has 90 valence electrons. The fourth-order valence-electron chi connectivity index (χ4n) is 1.32. The first-order chi connectivity index (χ1) is 7.39. The van der Waals surface area contributed by atoms with Crippen molar-refractivity contribution in [2.24, 2.45) is 5.14 Å². The minimum atomic E-state index is -3.56. The van der Waals surface area contributed by atoms with E-state index in [9.17, 15) is 13.2 Å². The number of hydrogen-bond donors (Lipinski definition) is 1. The van der Waals surface area contributed by atoms with E-state index in [2.05, 4.69) is 0 Å². The fourth-order valence-corrected chi connectivity index (χ4v) is 3.14. The zero-order valence-corrected chi connectivity index (χ0v) is 10.7. The molecule has 0 bridgehead atoms. The molecule has 0 aliphatic rings. The highest BCUT2D eigenvalue weighted by Gasteiger charge is 2.10. The lowest BCUT2D eigenvalue weighted by Crippen LogP contribution is -2.09. The molecule has 0 amide bonds. The Labute approximate surface area is 99.5 Å². The van der Waals surface area contributed by atoms with Gasteiger partial charge in [-0.1, -0.05) is 0 Å². The van der Waals surface area contributed by atoms with Crippen LogP contribution in [-0.2, 0) is 21.2 Å². The molecule has 0 unspecified atom stereocenters. The number of Topliss-reactive ketones (excluding diaryl/α,β-unsaturated/α-hetero) is 1. The maximum Gasteiger partial charge on any atom is 0.247 e. The predicted octanol–water partition coefficient (Wildman–Crippen LogP) is 1.70. The van der Waals surface area contributed by atoms with E-state index in [1.807, 2.05) is 0 Å². The Morgan fingerprint density at radius 3 is 2.56 bits per heavy atom. The second-order valence-corrected chi connectivity index (χ2v) is 6.63. The second kappa shape index (κ2) is 5.56. The van der Waals surface area contributed by atoms with Crippen LogP contribution in [0.25, 0.3) is 0 Å². The Bertz CT molecular complexity index is 462. The number of hydrogen-bond acceptors (Lipinski definition) is 4. The molecular weight excluding hydrogens is 246 g/mol. The van der Waals surface area contributed by atoms with E-state index in [1.165, 1.54) is 17.4 Å².